The molecular weight excluding hydrogens is 530 g/mol. The van der Waals surface area contributed by atoms with E-state index < -0.39 is 0 Å². The maximum atomic E-state index is 13.1. The van der Waals surface area contributed by atoms with Crippen molar-refractivity contribution in [3.63, 3.8) is 0 Å². The smallest absolute Gasteiger partial charge is 0.274 e. The highest BCUT2D eigenvalue weighted by Crippen LogP contribution is 2.24. The summed E-state index contributed by atoms with van der Waals surface area (Å²) in [5.41, 5.74) is 5.77. The fraction of sp³-hybridized carbons (Fsp3) is 0.500. The van der Waals surface area contributed by atoms with Gasteiger partial charge in [-0.15, -0.1) is 0 Å². The zero-order valence-corrected chi connectivity index (χ0v) is 25.5. The van der Waals surface area contributed by atoms with Crippen molar-refractivity contribution in [3.8, 4) is 0 Å². The van der Waals surface area contributed by atoms with E-state index >= 15 is 0 Å². The van der Waals surface area contributed by atoms with Crippen molar-refractivity contribution in [1.82, 2.24) is 25.2 Å². The summed E-state index contributed by atoms with van der Waals surface area (Å²) in [5, 5.41) is 8.34. The van der Waals surface area contributed by atoms with Crippen LogP contribution in [0.5, 0.6) is 0 Å². The number of para-hydroxylation sites is 2. The average molecular weight is 578 g/mol. The first-order valence-electron chi connectivity index (χ1n) is 14.9. The molecule has 3 heterocycles. The van der Waals surface area contributed by atoms with E-state index in [9.17, 15) is 4.79 Å². The zero-order valence-electron chi connectivity index (χ0n) is 25.5. The molecule has 10 heteroatoms. The maximum absolute atomic E-state index is 13.1. The number of pyridine rings is 1. The third-order valence-electron chi connectivity index (χ3n) is 7.09. The third kappa shape index (κ3) is 10.0. The fourth-order valence-electron chi connectivity index (χ4n) is 5.01. The van der Waals surface area contributed by atoms with E-state index in [4.69, 9.17) is 9.47 Å². The topological polar surface area (TPSA) is 94.2 Å². The van der Waals surface area contributed by atoms with Crippen molar-refractivity contribution in [3.05, 3.63) is 78.7 Å². The number of carbonyl (C=O) groups excluding carboxylic acids is 1. The molecule has 2 fully saturated rings. The number of ether oxygens (including phenoxy) is 2. The Morgan fingerprint density at radius 2 is 1.71 bits per heavy atom. The van der Waals surface area contributed by atoms with E-state index in [1.165, 1.54) is 12.8 Å². The van der Waals surface area contributed by atoms with Crippen LogP contribution >= 0.6 is 0 Å². The van der Waals surface area contributed by atoms with Crippen molar-refractivity contribution in [1.29, 1.82) is 0 Å². The van der Waals surface area contributed by atoms with Crippen molar-refractivity contribution >= 4 is 17.3 Å². The molecule has 2 aromatic rings. The Kier molecular flexibility index (Phi) is 11.2. The number of aromatic nitrogens is 1. The lowest BCUT2D eigenvalue weighted by atomic mass is 10.2. The zero-order chi connectivity index (χ0) is 30.0. The Morgan fingerprint density at radius 3 is 2.36 bits per heavy atom. The highest BCUT2D eigenvalue weighted by molar-refractivity contribution is 6.04. The molecule has 3 N–H and O–H groups in total. The lowest BCUT2D eigenvalue weighted by Gasteiger charge is -2.32. The molecule has 0 atom stereocenters. The quantitative estimate of drug-likeness (QED) is 0.278. The average Bonchev–Trinajstić information content (AvgIpc) is 3.46. The number of benzene rings is 1. The first-order valence-corrected chi connectivity index (χ1v) is 14.9. The highest BCUT2D eigenvalue weighted by atomic mass is 16.5. The monoisotopic (exact) mass is 577 g/mol. The standard InChI is InChI=1S/C32H47N7O3/c1-25(36-39-17-8-9-18-39)38(16-10-15-37-19-21-41-22-20-37)24-27-13-14-30(33-23-27)31(40)35-29-12-7-6-11-28(29)34-26(2)42-32(3,4)5/h6-7,11-14,23,34,36H,1-2,8-10,15-22,24H2,3-5H3,(H,35,40). The lowest BCUT2D eigenvalue weighted by Crippen LogP contribution is -2.42. The molecule has 228 valence electrons. The lowest BCUT2D eigenvalue weighted by molar-refractivity contribution is 0.0362. The van der Waals surface area contributed by atoms with Gasteiger partial charge in [-0.2, -0.15) is 0 Å². The highest BCUT2D eigenvalue weighted by Gasteiger charge is 2.18. The van der Waals surface area contributed by atoms with Gasteiger partial charge >= 0.3 is 0 Å². The predicted octanol–water partition coefficient (Wildman–Crippen LogP) is 4.63. The van der Waals surface area contributed by atoms with Gasteiger partial charge in [-0.3, -0.25) is 14.7 Å². The SMILES string of the molecule is C=C(Nc1ccccc1NC(=O)c1ccc(CN(CCCN2CCOCC2)C(=C)NN2CCCC2)cn1)OC(C)(C)C. The third-order valence-corrected chi connectivity index (χ3v) is 7.09. The van der Waals surface area contributed by atoms with Gasteiger partial charge in [-0.1, -0.05) is 24.8 Å². The number of carbonyl (C=O) groups is 1. The molecule has 42 heavy (non-hydrogen) atoms. The normalized spacial score (nSPS) is 16.1. The van der Waals surface area contributed by atoms with Gasteiger partial charge in [0, 0.05) is 52.0 Å². The Balaban J connectivity index is 1.36. The molecular formula is C32H47N7O3. The van der Waals surface area contributed by atoms with Crippen molar-refractivity contribution in [2.75, 3.05) is 63.1 Å². The molecule has 0 spiro atoms. The van der Waals surface area contributed by atoms with Crippen LogP contribution in [-0.4, -0.2) is 83.8 Å². The van der Waals surface area contributed by atoms with E-state index in [-0.39, 0.29) is 11.5 Å². The summed E-state index contributed by atoms with van der Waals surface area (Å²) in [6.45, 7) is 22.4. The van der Waals surface area contributed by atoms with E-state index in [0.717, 1.165) is 70.3 Å². The number of morpholine rings is 1. The summed E-state index contributed by atoms with van der Waals surface area (Å²) in [4.78, 5) is 22.3. The molecule has 2 aliphatic rings. The van der Waals surface area contributed by atoms with E-state index in [2.05, 4.69) is 49.0 Å². The first-order chi connectivity index (χ1) is 20.2. The second kappa shape index (κ2) is 15.0. The number of amides is 1. The van der Waals surface area contributed by atoms with Gasteiger partial charge in [-0.05, 0) is 70.4 Å². The van der Waals surface area contributed by atoms with Gasteiger partial charge in [0.25, 0.3) is 5.91 Å². The number of hydrazine groups is 1. The molecule has 1 aromatic carbocycles. The molecule has 0 saturated carbocycles. The number of hydrogen-bond acceptors (Lipinski definition) is 9. The minimum absolute atomic E-state index is 0.291. The van der Waals surface area contributed by atoms with Crippen LogP contribution in [0.1, 0.15) is 56.1 Å². The van der Waals surface area contributed by atoms with Crippen LogP contribution in [0, 0.1) is 0 Å². The molecule has 10 nitrogen and oxygen atoms in total. The number of nitrogens with zero attached hydrogens (tertiary/aromatic N) is 4. The number of rotatable bonds is 14. The van der Waals surface area contributed by atoms with Gasteiger partial charge in [-0.25, -0.2) is 5.01 Å². The van der Waals surface area contributed by atoms with Crippen LogP contribution in [0.4, 0.5) is 11.4 Å². The molecule has 0 unspecified atom stereocenters. The summed E-state index contributed by atoms with van der Waals surface area (Å²) in [6.07, 6.45) is 5.20. The fourth-order valence-corrected chi connectivity index (χ4v) is 5.01. The molecule has 0 aliphatic carbocycles. The van der Waals surface area contributed by atoms with E-state index in [1.54, 1.807) is 12.3 Å². The number of hydrogen-bond donors (Lipinski definition) is 3. The van der Waals surface area contributed by atoms with Gasteiger partial charge in [0.15, 0.2) is 5.88 Å². The summed E-state index contributed by atoms with van der Waals surface area (Å²) < 4.78 is 11.3. The Morgan fingerprint density at radius 1 is 1.02 bits per heavy atom. The second-order valence-electron chi connectivity index (χ2n) is 11.8. The van der Waals surface area contributed by atoms with Gasteiger partial charge < -0.3 is 30.4 Å². The summed E-state index contributed by atoms with van der Waals surface area (Å²) in [7, 11) is 0. The number of anilines is 2. The van der Waals surface area contributed by atoms with E-state index in [0.29, 0.717) is 29.5 Å². The molecule has 1 amide bonds. The van der Waals surface area contributed by atoms with Crippen LogP contribution < -0.4 is 16.1 Å². The van der Waals surface area contributed by atoms with Crippen LogP contribution in [0.3, 0.4) is 0 Å². The minimum Gasteiger partial charge on any atom is -0.474 e. The molecule has 2 saturated heterocycles. The summed E-state index contributed by atoms with van der Waals surface area (Å²) >= 11 is 0. The Labute approximate surface area is 250 Å². The van der Waals surface area contributed by atoms with Crippen molar-refractivity contribution in [2.45, 2.75) is 52.2 Å². The largest absolute Gasteiger partial charge is 0.474 e. The molecule has 0 radical (unpaired) electrons. The predicted molar refractivity (Wildman–Crippen MR) is 168 cm³/mol. The van der Waals surface area contributed by atoms with Crippen LogP contribution in [0.2, 0.25) is 0 Å². The van der Waals surface area contributed by atoms with Crippen LogP contribution in [0.15, 0.2) is 67.5 Å². The Hall–Kier alpha value is -3.60. The second-order valence-corrected chi connectivity index (χ2v) is 11.8. The van der Waals surface area contributed by atoms with Crippen LogP contribution in [-0.2, 0) is 16.0 Å². The van der Waals surface area contributed by atoms with Gasteiger partial charge in [0.05, 0.1) is 24.6 Å². The summed E-state index contributed by atoms with van der Waals surface area (Å²) in [6, 6.07) is 11.2. The molecule has 1 aromatic heterocycles. The van der Waals surface area contributed by atoms with E-state index in [1.807, 2.05) is 51.1 Å². The minimum atomic E-state index is -0.386. The maximum Gasteiger partial charge on any atom is 0.274 e. The van der Waals surface area contributed by atoms with Crippen molar-refractivity contribution in [2.24, 2.45) is 0 Å². The molecule has 2 aliphatic heterocycles. The molecule has 4 rings (SSSR count). The summed E-state index contributed by atoms with van der Waals surface area (Å²) in [5.74, 6) is 1.00. The van der Waals surface area contributed by atoms with Gasteiger partial charge in [0.1, 0.15) is 17.1 Å². The number of nitrogens with one attached hydrogen (secondary N) is 3. The Bertz CT molecular complexity index is 1180. The molecule has 0 bridgehead atoms. The first kappa shape index (κ1) is 31.3. The van der Waals surface area contributed by atoms with Crippen LogP contribution in [0.25, 0.3) is 0 Å². The van der Waals surface area contributed by atoms with Crippen molar-refractivity contribution < 1.29 is 14.3 Å². The van der Waals surface area contributed by atoms with Gasteiger partial charge in [0.2, 0.25) is 0 Å².